The lowest BCUT2D eigenvalue weighted by Crippen LogP contribution is -2.32. The van der Waals surface area contributed by atoms with Crippen molar-refractivity contribution in [2.75, 3.05) is 5.32 Å². The molecule has 0 aliphatic carbocycles. The summed E-state index contributed by atoms with van der Waals surface area (Å²) in [6.45, 7) is 4.20. The van der Waals surface area contributed by atoms with Gasteiger partial charge in [-0.3, -0.25) is 0 Å². The van der Waals surface area contributed by atoms with E-state index in [1.54, 1.807) is 0 Å². The summed E-state index contributed by atoms with van der Waals surface area (Å²) >= 11 is 0. The van der Waals surface area contributed by atoms with E-state index >= 15 is 0 Å². The summed E-state index contributed by atoms with van der Waals surface area (Å²) in [6, 6.07) is 10.1. The smallest absolute Gasteiger partial charge is 0.0955 e. The fourth-order valence-corrected chi connectivity index (χ4v) is 1.51. The molecule has 0 aromatic heterocycles. The number of benzene rings is 1. The van der Waals surface area contributed by atoms with Crippen LogP contribution in [0.4, 0.5) is 5.69 Å². The van der Waals surface area contributed by atoms with Crippen molar-refractivity contribution < 1.29 is 0 Å². The number of anilines is 1. The van der Waals surface area contributed by atoms with Gasteiger partial charge in [0.2, 0.25) is 0 Å². The summed E-state index contributed by atoms with van der Waals surface area (Å²) < 4.78 is 0. The molecule has 0 bridgehead atoms. The van der Waals surface area contributed by atoms with Crippen LogP contribution in [-0.4, -0.2) is 5.54 Å². The van der Waals surface area contributed by atoms with Crippen LogP contribution in [0.3, 0.4) is 0 Å². The van der Waals surface area contributed by atoms with Gasteiger partial charge in [0.15, 0.2) is 0 Å². The van der Waals surface area contributed by atoms with E-state index in [1.165, 1.54) is 0 Å². The lowest BCUT2D eigenvalue weighted by atomic mass is 9.97. The molecule has 1 atom stereocenters. The predicted molar refractivity (Wildman–Crippen MR) is 62.2 cm³/mol. The molecule has 1 heteroatoms. The van der Waals surface area contributed by atoms with Crippen LogP contribution in [0.25, 0.3) is 0 Å². The zero-order chi connectivity index (χ0) is 10.4. The van der Waals surface area contributed by atoms with E-state index in [2.05, 4.69) is 25.1 Å². The summed E-state index contributed by atoms with van der Waals surface area (Å²) in [7, 11) is 0. The average Bonchev–Trinajstić information content (AvgIpc) is 2.20. The monoisotopic (exact) mass is 187 g/mol. The molecule has 0 spiro atoms. The van der Waals surface area contributed by atoms with E-state index in [0.717, 1.165) is 18.5 Å². The first-order chi connectivity index (χ1) is 6.70. The average molecular weight is 187 g/mol. The summed E-state index contributed by atoms with van der Waals surface area (Å²) in [5.41, 5.74) is 0.859. The molecule has 74 valence electrons. The second-order valence-electron chi connectivity index (χ2n) is 3.72. The van der Waals surface area contributed by atoms with Crippen LogP contribution in [0.15, 0.2) is 30.3 Å². The number of nitrogens with one attached hydrogen (secondary N) is 1. The molecule has 0 saturated carbocycles. The predicted octanol–water partition coefficient (Wildman–Crippen LogP) is 3.29. The number of hydrogen-bond acceptors (Lipinski definition) is 1. The van der Waals surface area contributed by atoms with Crippen molar-refractivity contribution in [3.8, 4) is 12.3 Å². The van der Waals surface area contributed by atoms with Crippen molar-refractivity contribution in [1.29, 1.82) is 0 Å². The Bertz CT molecular complexity index is 310. The standard InChI is InChI=1S/C13H17N/c1-4-11-13(3,5-2)14-12-9-7-6-8-10-12/h2,6-10,14H,4,11H2,1,3H3/t13-/m1/s1. The molecule has 0 fully saturated rings. The molecule has 1 rings (SSSR count). The van der Waals surface area contributed by atoms with Gasteiger partial charge in [-0.25, -0.2) is 0 Å². The molecule has 0 amide bonds. The molecule has 1 nitrogen and oxygen atoms in total. The van der Waals surface area contributed by atoms with Gasteiger partial charge < -0.3 is 5.32 Å². The van der Waals surface area contributed by atoms with Gasteiger partial charge in [0.05, 0.1) is 5.54 Å². The molecule has 1 aromatic rings. The van der Waals surface area contributed by atoms with Gasteiger partial charge in [0, 0.05) is 5.69 Å². The highest BCUT2D eigenvalue weighted by molar-refractivity contribution is 5.47. The van der Waals surface area contributed by atoms with Crippen molar-refractivity contribution in [2.24, 2.45) is 0 Å². The Labute approximate surface area is 86.5 Å². The maximum Gasteiger partial charge on any atom is 0.0955 e. The zero-order valence-electron chi connectivity index (χ0n) is 8.88. The minimum Gasteiger partial charge on any atom is -0.369 e. The Morgan fingerprint density at radius 2 is 2.00 bits per heavy atom. The van der Waals surface area contributed by atoms with Crippen LogP contribution in [0.2, 0.25) is 0 Å². The van der Waals surface area contributed by atoms with Crippen LogP contribution in [-0.2, 0) is 0 Å². The van der Waals surface area contributed by atoms with E-state index in [4.69, 9.17) is 6.42 Å². The van der Waals surface area contributed by atoms with E-state index < -0.39 is 0 Å². The van der Waals surface area contributed by atoms with Crippen molar-refractivity contribution in [3.63, 3.8) is 0 Å². The topological polar surface area (TPSA) is 12.0 Å². The molecule has 0 saturated heterocycles. The van der Waals surface area contributed by atoms with Gasteiger partial charge in [-0.15, -0.1) is 6.42 Å². The van der Waals surface area contributed by atoms with Crippen LogP contribution < -0.4 is 5.32 Å². The van der Waals surface area contributed by atoms with Gasteiger partial charge in [-0.05, 0) is 25.5 Å². The Hall–Kier alpha value is -1.42. The number of terminal acetylenes is 1. The van der Waals surface area contributed by atoms with Gasteiger partial charge in [-0.1, -0.05) is 37.5 Å². The van der Waals surface area contributed by atoms with Gasteiger partial charge >= 0.3 is 0 Å². The zero-order valence-corrected chi connectivity index (χ0v) is 8.88. The van der Waals surface area contributed by atoms with Crippen LogP contribution in [0.5, 0.6) is 0 Å². The molecule has 0 radical (unpaired) electrons. The van der Waals surface area contributed by atoms with Gasteiger partial charge in [0.25, 0.3) is 0 Å². The van der Waals surface area contributed by atoms with E-state index in [0.29, 0.717) is 0 Å². The van der Waals surface area contributed by atoms with E-state index in [9.17, 15) is 0 Å². The van der Waals surface area contributed by atoms with Crippen LogP contribution in [0, 0.1) is 12.3 Å². The molecule has 0 unspecified atom stereocenters. The highest BCUT2D eigenvalue weighted by Crippen LogP contribution is 2.18. The second kappa shape index (κ2) is 4.72. The summed E-state index contributed by atoms with van der Waals surface area (Å²) in [5.74, 6) is 2.82. The number of para-hydroxylation sites is 1. The molecule has 0 aliphatic heterocycles. The van der Waals surface area contributed by atoms with E-state index in [-0.39, 0.29) is 5.54 Å². The number of rotatable bonds is 4. The molecule has 0 heterocycles. The third-order valence-electron chi connectivity index (χ3n) is 2.26. The van der Waals surface area contributed by atoms with E-state index in [1.807, 2.05) is 30.3 Å². The summed E-state index contributed by atoms with van der Waals surface area (Å²) in [4.78, 5) is 0. The van der Waals surface area contributed by atoms with Crippen LogP contribution in [0.1, 0.15) is 26.7 Å². The minimum absolute atomic E-state index is 0.226. The molecule has 1 aromatic carbocycles. The summed E-state index contributed by atoms with van der Waals surface area (Å²) in [6.07, 6.45) is 7.60. The molecular weight excluding hydrogens is 170 g/mol. The molecule has 1 N–H and O–H groups in total. The Morgan fingerprint density at radius 1 is 1.36 bits per heavy atom. The van der Waals surface area contributed by atoms with Crippen molar-refractivity contribution in [1.82, 2.24) is 0 Å². The third-order valence-corrected chi connectivity index (χ3v) is 2.26. The first-order valence-corrected chi connectivity index (χ1v) is 5.01. The highest BCUT2D eigenvalue weighted by atomic mass is 15.0. The van der Waals surface area contributed by atoms with Crippen molar-refractivity contribution in [3.05, 3.63) is 30.3 Å². The first kappa shape index (κ1) is 10.7. The maximum atomic E-state index is 5.53. The first-order valence-electron chi connectivity index (χ1n) is 5.01. The van der Waals surface area contributed by atoms with Gasteiger partial charge in [0.1, 0.15) is 0 Å². The normalized spacial score (nSPS) is 14.1. The third kappa shape index (κ3) is 2.81. The lowest BCUT2D eigenvalue weighted by molar-refractivity contribution is 0.586. The largest absolute Gasteiger partial charge is 0.369 e. The Morgan fingerprint density at radius 3 is 2.50 bits per heavy atom. The molecular formula is C13H17N. The van der Waals surface area contributed by atoms with Crippen molar-refractivity contribution >= 4 is 5.69 Å². The fourth-order valence-electron chi connectivity index (χ4n) is 1.51. The highest BCUT2D eigenvalue weighted by Gasteiger charge is 2.18. The summed E-state index contributed by atoms with van der Waals surface area (Å²) in [5, 5.41) is 3.37. The Balaban J connectivity index is 2.72. The number of hydrogen-bond donors (Lipinski definition) is 1. The fraction of sp³-hybridized carbons (Fsp3) is 0.385. The lowest BCUT2D eigenvalue weighted by Gasteiger charge is -2.25. The second-order valence-corrected chi connectivity index (χ2v) is 3.72. The van der Waals surface area contributed by atoms with Crippen LogP contribution >= 0.6 is 0 Å². The molecule has 0 aliphatic rings. The van der Waals surface area contributed by atoms with Gasteiger partial charge in [-0.2, -0.15) is 0 Å². The van der Waals surface area contributed by atoms with Crippen molar-refractivity contribution in [2.45, 2.75) is 32.2 Å². The maximum absolute atomic E-state index is 5.53. The SMILES string of the molecule is C#C[C@](C)(CCC)Nc1ccccc1. The quantitative estimate of drug-likeness (QED) is 0.713. The minimum atomic E-state index is -0.226. The Kier molecular flexibility index (Phi) is 3.59. The molecule has 14 heavy (non-hydrogen) atoms.